The molecule has 4 heterocycles. The van der Waals surface area contributed by atoms with Gasteiger partial charge in [-0.1, -0.05) is 23.7 Å². The lowest BCUT2D eigenvalue weighted by Gasteiger charge is -2.31. The largest absolute Gasteiger partial charge is 0.271 e. The first-order valence-electron chi connectivity index (χ1n) is 12.4. The summed E-state index contributed by atoms with van der Waals surface area (Å²) in [6, 6.07) is 13.3. The number of halogens is 1. The van der Waals surface area contributed by atoms with Gasteiger partial charge in [-0.3, -0.25) is 4.79 Å². The molecule has 192 valence electrons. The zero-order chi connectivity index (χ0) is 25.6. The minimum absolute atomic E-state index is 0.102. The first kappa shape index (κ1) is 25.0. The first-order valence-corrected chi connectivity index (χ1v) is 16.0. The molecule has 1 amide bonds. The molecule has 1 saturated carbocycles. The second kappa shape index (κ2) is 10.1. The molecule has 0 bridgehead atoms. The molecule has 1 aromatic carbocycles. The summed E-state index contributed by atoms with van der Waals surface area (Å²) in [6.45, 7) is 0.308. The molecule has 0 spiro atoms. The minimum Gasteiger partial charge on any atom is -0.271 e. The number of hydrogen-bond donors (Lipinski definition) is 0. The Labute approximate surface area is 229 Å². The molecule has 6 rings (SSSR count). The summed E-state index contributed by atoms with van der Waals surface area (Å²) in [7, 11) is -3.85. The Kier molecular flexibility index (Phi) is 6.83. The molecule has 6 nitrogen and oxygen atoms in total. The van der Waals surface area contributed by atoms with E-state index in [9.17, 15) is 13.2 Å². The number of nitrogens with zero attached hydrogens (tertiary/aromatic N) is 3. The van der Waals surface area contributed by atoms with E-state index in [1.807, 2.05) is 17.5 Å². The van der Waals surface area contributed by atoms with Crippen molar-refractivity contribution in [1.82, 2.24) is 9.31 Å². The molecule has 1 aliphatic carbocycles. The normalized spacial score (nSPS) is 25.4. The predicted octanol–water partition coefficient (Wildman–Crippen LogP) is 6.44. The van der Waals surface area contributed by atoms with Crippen molar-refractivity contribution < 1.29 is 13.2 Å². The lowest BCUT2D eigenvalue weighted by atomic mass is 9.79. The number of hydrazone groups is 1. The maximum atomic E-state index is 14.1. The summed E-state index contributed by atoms with van der Waals surface area (Å²) in [5, 5.41) is 11.1. The van der Waals surface area contributed by atoms with Gasteiger partial charge >= 0.3 is 0 Å². The molecule has 10 heteroatoms. The van der Waals surface area contributed by atoms with Crippen molar-refractivity contribution in [2.45, 2.75) is 49.1 Å². The van der Waals surface area contributed by atoms with Gasteiger partial charge in [0, 0.05) is 27.2 Å². The maximum Gasteiger partial charge on any atom is 0.261 e. The number of fused-ring (bicyclic) bond motifs is 1. The summed E-state index contributed by atoms with van der Waals surface area (Å²) >= 11 is 9.29. The third-order valence-corrected chi connectivity index (χ3v) is 11.3. The summed E-state index contributed by atoms with van der Waals surface area (Å²) in [4.78, 5) is 16.5. The lowest BCUT2D eigenvalue weighted by Crippen LogP contribution is -2.46. The maximum absolute atomic E-state index is 14.1. The van der Waals surface area contributed by atoms with Crippen LogP contribution in [0.1, 0.15) is 47.9 Å². The number of hydrogen-bond acceptors (Lipinski definition) is 6. The van der Waals surface area contributed by atoms with Crippen LogP contribution in [-0.4, -0.2) is 41.9 Å². The Balaban J connectivity index is 1.36. The van der Waals surface area contributed by atoms with Crippen LogP contribution in [0.2, 0.25) is 5.02 Å². The monoisotopic (exact) mass is 571 g/mol. The van der Waals surface area contributed by atoms with Gasteiger partial charge in [0.15, 0.2) is 0 Å². The Hall–Kier alpha value is -2.30. The Morgan fingerprint density at radius 2 is 1.81 bits per heavy atom. The molecule has 3 atom stereocenters. The molecule has 0 radical (unpaired) electrons. The van der Waals surface area contributed by atoms with E-state index in [1.54, 1.807) is 39.8 Å². The van der Waals surface area contributed by atoms with Crippen LogP contribution in [0.3, 0.4) is 0 Å². The van der Waals surface area contributed by atoms with Crippen molar-refractivity contribution in [1.29, 1.82) is 0 Å². The minimum atomic E-state index is -3.85. The van der Waals surface area contributed by atoms with Crippen LogP contribution < -0.4 is 0 Å². The summed E-state index contributed by atoms with van der Waals surface area (Å²) in [5.41, 5.74) is 2.14. The smallest absolute Gasteiger partial charge is 0.261 e. The van der Waals surface area contributed by atoms with Gasteiger partial charge in [-0.15, -0.1) is 22.7 Å². The van der Waals surface area contributed by atoms with E-state index < -0.39 is 16.1 Å². The second-order valence-electron chi connectivity index (χ2n) is 9.54. The number of rotatable bonds is 5. The number of allylic oxidation sites excluding steroid dienone is 1. The highest BCUT2D eigenvalue weighted by Crippen LogP contribution is 2.46. The van der Waals surface area contributed by atoms with Crippen LogP contribution in [0, 0.1) is 5.92 Å². The van der Waals surface area contributed by atoms with E-state index in [0.717, 1.165) is 29.9 Å². The van der Waals surface area contributed by atoms with E-state index in [0.29, 0.717) is 24.4 Å². The fourth-order valence-corrected chi connectivity index (χ4v) is 8.97. The molecule has 3 aromatic rings. The highest BCUT2D eigenvalue weighted by molar-refractivity contribution is 7.89. The number of carbonyl (C=O) groups excluding carboxylic acids is 1. The Bertz CT molecular complexity index is 1450. The zero-order valence-electron chi connectivity index (χ0n) is 20.0. The predicted molar refractivity (Wildman–Crippen MR) is 149 cm³/mol. The fraction of sp³-hybridized carbons (Fsp3) is 0.333. The topological polar surface area (TPSA) is 70.1 Å². The van der Waals surface area contributed by atoms with Crippen molar-refractivity contribution in [3.63, 3.8) is 0 Å². The molecule has 2 fully saturated rings. The van der Waals surface area contributed by atoms with Gasteiger partial charge in [0.05, 0.1) is 16.6 Å². The lowest BCUT2D eigenvalue weighted by molar-refractivity contribution is -0.137. The third kappa shape index (κ3) is 4.61. The molecule has 1 saturated heterocycles. The van der Waals surface area contributed by atoms with Crippen molar-refractivity contribution in [2.75, 3.05) is 6.54 Å². The molecule has 3 aliphatic rings. The molecule has 3 unspecified atom stereocenters. The van der Waals surface area contributed by atoms with Gasteiger partial charge in [0.1, 0.15) is 6.04 Å². The quantitative estimate of drug-likeness (QED) is 0.354. The first-order chi connectivity index (χ1) is 17.9. The molecule has 2 aromatic heterocycles. The molecular formula is C27H26ClN3O3S3. The van der Waals surface area contributed by atoms with Gasteiger partial charge < -0.3 is 0 Å². The second-order valence-corrected chi connectivity index (χ2v) is 13.8. The number of thiophene rings is 2. The van der Waals surface area contributed by atoms with Crippen LogP contribution in [0.25, 0.3) is 6.08 Å². The summed E-state index contributed by atoms with van der Waals surface area (Å²) in [5.74, 6) is -0.143. The van der Waals surface area contributed by atoms with Gasteiger partial charge in [-0.25, -0.2) is 13.4 Å². The van der Waals surface area contributed by atoms with Crippen LogP contribution in [-0.2, 0) is 14.8 Å². The number of sulfonamides is 1. The molecule has 0 N–H and O–H groups in total. The van der Waals surface area contributed by atoms with Crippen molar-refractivity contribution >= 4 is 62.0 Å². The number of carbonyl (C=O) groups is 1. The van der Waals surface area contributed by atoms with Gasteiger partial charge in [0.25, 0.3) is 5.91 Å². The highest BCUT2D eigenvalue weighted by atomic mass is 35.5. The summed E-state index contributed by atoms with van der Waals surface area (Å²) in [6.07, 6.45) is 6.21. The standard InChI is InChI=1S/C27H26ClN3O3S3/c28-19-10-12-21(13-11-19)37(33,34)30-14-2-8-23(30)27(32)31-26(24-9-4-16-36-24)22-7-1-5-18(25(22)29-31)17-20-6-3-15-35-20/h3-4,6,9-13,15-17,22-23,26H,1-2,5,7-8,14H2/b18-17-. The van der Waals surface area contributed by atoms with Gasteiger partial charge in [-0.05, 0) is 90.9 Å². The Morgan fingerprint density at radius 1 is 1.03 bits per heavy atom. The Morgan fingerprint density at radius 3 is 2.54 bits per heavy atom. The van der Waals surface area contributed by atoms with E-state index in [-0.39, 0.29) is 22.8 Å². The molecular weight excluding hydrogens is 546 g/mol. The van der Waals surface area contributed by atoms with E-state index in [2.05, 4.69) is 23.6 Å². The molecule has 37 heavy (non-hydrogen) atoms. The molecule has 2 aliphatic heterocycles. The van der Waals surface area contributed by atoms with Crippen LogP contribution in [0.15, 0.2) is 74.9 Å². The number of benzene rings is 1. The van der Waals surface area contributed by atoms with Gasteiger partial charge in [0.2, 0.25) is 10.0 Å². The van der Waals surface area contributed by atoms with Crippen LogP contribution in [0.4, 0.5) is 0 Å². The summed E-state index contributed by atoms with van der Waals surface area (Å²) < 4.78 is 28.4. The van der Waals surface area contributed by atoms with Crippen molar-refractivity contribution in [3.05, 3.63) is 79.6 Å². The van der Waals surface area contributed by atoms with Crippen molar-refractivity contribution in [3.8, 4) is 0 Å². The third-order valence-electron chi connectivity index (χ3n) is 7.33. The fourth-order valence-electron chi connectivity index (χ4n) is 5.64. The average Bonchev–Trinajstić information content (AvgIpc) is 3.70. The highest BCUT2D eigenvalue weighted by Gasteiger charge is 2.49. The van der Waals surface area contributed by atoms with Crippen molar-refractivity contribution in [2.24, 2.45) is 11.0 Å². The van der Waals surface area contributed by atoms with E-state index in [1.165, 1.54) is 26.9 Å². The van der Waals surface area contributed by atoms with E-state index in [4.69, 9.17) is 16.7 Å². The van der Waals surface area contributed by atoms with Gasteiger partial charge in [-0.2, -0.15) is 9.41 Å². The van der Waals surface area contributed by atoms with Crippen LogP contribution >= 0.6 is 34.3 Å². The SMILES string of the molecule is O=C(C1CCCN1S(=O)(=O)c1ccc(Cl)cc1)N1N=C2/C(=C\c3cccs3)CCCC2C1c1cccs1. The zero-order valence-corrected chi connectivity index (χ0v) is 23.2. The van der Waals surface area contributed by atoms with E-state index >= 15 is 0 Å². The van der Waals surface area contributed by atoms with Crippen LogP contribution in [0.5, 0.6) is 0 Å². The average molecular weight is 572 g/mol. The number of amides is 1.